The van der Waals surface area contributed by atoms with Crippen LogP contribution in [0, 0.1) is 5.92 Å². The second kappa shape index (κ2) is 5.24. The van der Waals surface area contributed by atoms with Crippen molar-refractivity contribution in [3.63, 3.8) is 0 Å². The number of nitrogens with zero attached hydrogens (tertiary/aromatic N) is 1. The van der Waals surface area contributed by atoms with E-state index in [0.717, 1.165) is 12.2 Å². The predicted molar refractivity (Wildman–Crippen MR) is 55.9 cm³/mol. The lowest BCUT2D eigenvalue weighted by Gasteiger charge is -2.09. The molecular formula is C9H15NO3S. The van der Waals surface area contributed by atoms with E-state index in [1.165, 1.54) is 11.8 Å². The van der Waals surface area contributed by atoms with Gasteiger partial charge in [0.1, 0.15) is 5.25 Å². The molecule has 1 rings (SSSR count). The molecule has 0 amide bonds. The zero-order valence-electron chi connectivity index (χ0n) is 8.40. The van der Waals surface area contributed by atoms with Gasteiger partial charge < -0.3 is 9.94 Å². The maximum absolute atomic E-state index is 11.4. The largest absolute Gasteiger partial charge is 0.465 e. The molecule has 1 N–H and O–H groups in total. The molecular weight excluding hydrogens is 202 g/mol. The summed E-state index contributed by atoms with van der Waals surface area (Å²) in [6.45, 7) is 4.15. The van der Waals surface area contributed by atoms with Crippen molar-refractivity contribution >= 4 is 23.4 Å². The van der Waals surface area contributed by atoms with Gasteiger partial charge in [-0.05, 0) is 13.3 Å². The number of oxime groups is 1. The predicted octanol–water partition coefficient (Wildman–Crippen LogP) is 1.52. The Labute approximate surface area is 87.7 Å². The molecule has 4 nitrogen and oxygen atoms in total. The molecule has 1 fully saturated rings. The lowest BCUT2D eigenvalue weighted by molar-refractivity contribution is -0.141. The highest BCUT2D eigenvalue weighted by Crippen LogP contribution is 2.31. The van der Waals surface area contributed by atoms with Gasteiger partial charge in [-0.3, -0.25) is 4.79 Å². The van der Waals surface area contributed by atoms with Crippen molar-refractivity contribution in [2.24, 2.45) is 11.1 Å². The lowest BCUT2D eigenvalue weighted by atomic mass is 10.0. The van der Waals surface area contributed by atoms with Crippen LogP contribution in [0.2, 0.25) is 0 Å². The third kappa shape index (κ3) is 2.20. The van der Waals surface area contributed by atoms with Gasteiger partial charge in [0.15, 0.2) is 0 Å². The van der Waals surface area contributed by atoms with E-state index in [1.807, 2.05) is 6.92 Å². The van der Waals surface area contributed by atoms with Crippen LogP contribution in [0.5, 0.6) is 0 Å². The van der Waals surface area contributed by atoms with Crippen LogP contribution in [0.3, 0.4) is 0 Å². The molecule has 0 spiro atoms. The summed E-state index contributed by atoms with van der Waals surface area (Å²) < 4.78 is 4.90. The molecule has 0 bridgehead atoms. The fraction of sp³-hybridized carbons (Fsp3) is 0.778. The van der Waals surface area contributed by atoms with E-state index in [1.54, 1.807) is 6.92 Å². The average Bonchev–Trinajstić information content (AvgIpc) is 2.60. The van der Waals surface area contributed by atoms with E-state index < -0.39 is 5.25 Å². The van der Waals surface area contributed by atoms with E-state index in [9.17, 15) is 4.79 Å². The molecule has 1 saturated heterocycles. The second-order valence-corrected chi connectivity index (χ2v) is 4.23. The monoisotopic (exact) mass is 217 g/mol. The molecule has 1 aliphatic heterocycles. The number of hydrogen-bond donors (Lipinski definition) is 1. The van der Waals surface area contributed by atoms with Crippen LogP contribution in [0.4, 0.5) is 0 Å². The van der Waals surface area contributed by atoms with Gasteiger partial charge in [0.2, 0.25) is 0 Å². The molecule has 1 aliphatic rings. The molecule has 0 aromatic heterocycles. The first-order chi connectivity index (χ1) is 6.74. The maximum atomic E-state index is 11.4. The van der Waals surface area contributed by atoms with E-state index in [0.29, 0.717) is 12.3 Å². The van der Waals surface area contributed by atoms with E-state index in [2.05, 4.69) is 5.16 Å². The molecule has 0 aliphatic carbocycles. The van der Waals surface area contributed by atoms with Crippen molar-refractivity contribution in [3.05, 3.63) is 0 Å². The van der Waals surface area contributed by atoms with Crippen LogP contribution in [0.15, 0.2) is 5.16 Å². The Morgan fingerprint density at radius 2 is 2.43 bits per heavy atom. The number of rotatable bonds is 3. The summed E-state index contributed by atoms with van der Waals surface area (Å²) >= 11 is 1.49. The third-order valence-corrected chi connectivity index (χ3v) is 3.62. The minimum absolute atomic E-state index is 0.208. The van der Waals surface area contributed by atoms with Gasteiger partial charge in [-0.25, -0.2) is 0 Å². The first-order valence-corrected chi connectivity index (χ1v) is 5.79. The zero-order valence-corrected chi connectivity index (χ0v) is 9.21. The van der Waals surface area contributed by atoms with Crippen molar-refractivity contribution in [2.45, 2.75) is 25.5 Å². The summed E-state index contributed by atoms with van der Waals surface area (Å²) in [7, 11) is 0. The number of esters is 1. The molecule has 2 atom stereocenters. The van der Waals surface area contributed by atoms with Gasteiger partial charge >= 0.3 is 5.97 Å². The Balaban J connectivity index is 2.67. The smallest absolute Gasteiger partial charge is 0.325 e. The number of carbonyl (C=O) groups is 1. The molecule has 0 aromatic rings. The normalized spacial score (nSPS) is 29.4. The highest BCUT2D eigenvalue weighted by molar-refractivity contribution is 8.01. The molecule has 0 aromatic carbocycles. The summed E-state index contributed by atoms with van der Waals surface area (Å²) in [4.78, 5) is 11.4. The lowest BCUT2D eigenvalue weighted by Crippen LogP contribution is -2.28. The maximum Gasteiger partial charge on any atom is 0.325 e. The van der Waals surface area contributed by atoms with Gasteiger partial charge in [-0.1, -0.05) is 12.1 Å². The van der Waals surface area contributed by atoms with Crippen LogP contribution in [0.25, 0.3) is 0 Å². The molecule has 0 saturated carbocycles. The van der Waals surface area contributed by atoms with E-state index in [4.69, 9.17) is 9.94 Å². The van der Waals surface area contributed by atoms with Gasteiger partial charge in [0, 0.05) is 11.7 Å². The molecule has 5 heteroatoms. The van der Waals surface area contributed by atoms with Gasteiger partial charge in [-0.15, -0.1) is 11.8 Å². The molecule has 1 heterocycles. The minimum atomic E-state index is -0.398. The minimum Gasteiger partial charge on any atom is -0.465 e. The third-order valence-electron chi connectivity index (χ3n) is 2.26. The summed E-state index contributed by atoms with van der Waals surface area (Å²) in [5.74, 6) is 0.750. The van der Waals surface area contributed by atoms with Gasteiger partial charge in [-0.2, -0.15) is 0 Å². The fourth-order valence-electron chi connectivity index (χ4n) is 1.47. The standard InChI is InChI=1S/C9H15NO3S/c1-3-6-5-14-8(7(6)10-12)9(11)13-4-2/h6,8,12H,3-5H2,1-2H3. The summed E-state index contributed by atoms with van der Waals surface area (Å²) in [5, 5.41) is 11.6. The number of hydrogen-bond acceptors (Lipinski definition) is 5. The number of thioether (sulfide) groups is 1. The first-order valence-electron chi connectivity index (χ1n) is 4.74. The highest BCUT2D eigenvalue weighted by atomic mass is 32.2. The van der Waals surface area contributed by atoms with Crippen LogP contribution in [-0.2, 0) is 9.53 Å². The fourth-order valence-corrected chi connectivity index (χ4v) is 2.91. The van der Waals surface area contributed by atoms with Crippen molar-refractivity contribution in [1.82, 2.24) is 0 Å². The number of carbonyl (C=O) groups excluding carboxylic acids is 1. The zero-order chi connectivity index (χ0) is 10.6. The van der Waals surface area contributed by atoms with Gasteiger partial charge in [0.25, 0.3) is 0 Å². The summed E-state index contributed by atoms with van der Waals surface area (Å²) in [5.41, 5.74) is 0.566. The Morgan fingerprint density at radius 1 is 1.71 bits per heavy atom. The SMILES string of the molecule is CCOC(=O)C1SCC(CC)C1=NO. The van der Waals surface area contributed by atoms with E-state index >= 15 is 0 Å². The van der Waals surface area contributed by atoms with Crippen molar-refractivity contribution in [1.29, 1.82) is 0 Å². The number of ether oxygens (including phenoxy) is 1. The molecule has 14 heavy (non-hydrogen) atoms. The second-order valence-electron chi connectivity index (χ2n) is 3.10. The van der Waals surface area contributed by atoms with E-state index in [-0.39, 0.29) is 11.9 Å². The van der Waals surface area contributed by atoms with Crippen LogP contribution >= 0.6 is 11.8 Å². The summed E-state index contributed by atoms with van der Waals surface area (Å²) in [6, 6.07) is 0. The molecule has 80 valence electrons. The Hall–Kier alpha value is -0.710. The Morgan fingerprint density at radius 3 is 2.93 bits per heavy atom. The van der Waals surface area contributed by atoms with Crippen LogP contribution < -0.4 is 0 Å². The quantitative estimate of drug-likeness (QED) is 0.442. The average molecular weight is 217 g/mol. The Bertz CT molecular complexity index is 242. The highest BCUT2D eigenvalue weighted by Gasteiger charge is 2.38. The Kier molecular flexibility index (Phi) is 4.25. The first kappa shape index (κ1) is 11.4. The van der Waals surface area contributed by atoms with Crippen molar-refractivity contribution < 1.29 is 14.7 Å². The topological polar surface area (TPSA) is 58.9 Å². The van der Waals surface area contributed by atoms with Crippen LogP contribution in [-0.4, -0.2) is 34.5 Å². The molecule has 0 radical (unpaired) electrons. The van der Waals surface area contributed by atoms with Crippen molar-refractivity contribution in [2.75, 3.05) is 12.4 Å². The van der Waals surface area contributed by atoms with Crippen molar-refractivity contribution in [3.8, 4) is 0 Å². The molecule has 2 unspecified atom stereocenters. The van der Waals surface area contributed by atoms with Gasteiger partial charge in [0.05, 0.1) is 12.3 Å². The summed E-state index contributed by atoms with van der Waals surface area (Å²) in [6.07, 6.45) is 0.891. The van der Waals surface area contributed by atoms with Crippen LogP contribution in [0.1, 0.15) is 20.3 Å².